The van der Waals surface area contributed by atoms with Crippen LogP contribution in [-0.4, -0.2) is 57.1 Å². The zero-order chi connectivity index (χ0) is 17.8. The van der Waals surface area contributed by atoms with Crippen LogP contribution in [0.5, 0.6) is 5.88 Å². The normalized spacial score (nSPS) is 24.9. The third-order valence-electron chi connectivity index (χ3n) is 5.89. The van der Waals surface area contributed by atoms with Crippen LogP contribution in [0.1, 0.15) is 61.1 Å². The van der Waals surface area contributed by atoms with E-state index in [0.717, 1.165) is 43.5 Å². The van der Waals surface area contributed by atoms with Gasteiger partial charge in [-0.3, -0.25) is 9.69 Å². The van der Waals surface area contributed by atoms with Gasteiger partial charge in [-0.2, -0.15) is 0 Å². The van der Waals surface area contributed by atoms with Gasteiger partial charge in [-0.05, 0) is 52.1 Å². The van der Waals surface area contributed by atoms with E-state index >= 15 is 0 Å². The molecule has 3 heterocycles. The van der Waals surface area contributed by atoms with Crippen molar-refractivity contribution >= 4 is 5.91 Å². The van der Waals surface area contributed by atoms with E-state index in [0.29, 0.717) is 24.5 Å². The minimum Gasteiger partial charge on any atom is -0.481 e. The number of nitrogens with zero attached hydrogens (tertiary/aromatic N) is 3. The molecule has 1 unspecified atom stereocenters. The van der Waals surface area contributed by atoms with Crippen LogP contribution in [0.2, 0.25) is 0 Å². The lowest BCUT2D eigenvalue weighted by Gasteiger charge is -2.29. The number of ether oxygens (including phenoxy) is 1. The summed E-state index contributed by atoms with van der Waals surface area (Å²) in [6.07, 6.45) is 3.94. The quantitative estimate of drug-likeness (QED) is 0.883. The van der Waals surface area contributed by atoms with Gasteiger partial charge in [0.1, 0.15) is 0 Å². The number of hydrogen-bond donors (Lipinski definition) is 1. The molecule has 1 atom stereocenters. The van der Waals surface area contributed by atoms with Gasteiger partial charge in [0.2, 0.25) is 5.88 Å². The van der Waals surface area contributed by atoms with Crippen LogP contribution in [0.3, 0.4) is 0 Å². The summed E-state index contributed by atoms with van der Waals surface area (Å²) >= 11 is 0. The lowest BCUT2D eigenvalue weighted by molar-refractivity contribution is 0.0477. The smallest absolute Gasteiger partial charge is 0.256 e. The first-order valence-corrected chi connectivity index (χ1v) is 9.27. The number of aliphatic hydroxyl groups is 1. The van der Waals surface area contributed by atoms with Gasteiger partial charge >= 0.3 is 0 Å². The van der Waals surface area contributed by atoms with Crippen molar-refractivity contribution in [2.75, 3.05) is 13.7 Å². The number of aromatic nitrogens is 1. The lowest BCUT2D eigenvalue weighted by atomic mass is 10.1. The Bertz CT molecular complexity index is 699. The first-order valence-electron chi connectivity index (χ1n) is 9.27. The standard InChI is InChI=1S/C19H27N3O3/c1-12(2)22-11-15-14(18(22)23)9-13(17(20-15)25-3)10-21-8-4-5-16(21)19(24)6-7-19/h9,12,16,24H,4-8,10-11H2,1-3H3. The van der Waals surface area contributed by atoms with E-state index in [-0.39, 0.29) is 18.0 Å². The molecular weight excluding hydrogens is 318 g/mol. The molecule has 2 aliphatic heterocycles. The van der Waals surface area contributed by atoms with Crippen molar-refractivity contribution < 1.29 is 14.6 Å². The highest BCUT2D eigenvalue weighted by Crippen LogP contribution is 2.45. The summed E-state index contributed by atoms with van der Waals surface area (Å²) in [4.78, 5) is 21.4. The van der Waals surface area contributed by atoms with Gasteiger partial charge in [0.15, 0.2) is 0 Å². The van der Waals surface area contributed by atoms with Crippen molar-refractivity contribution in [3.05, 3.63) is 22.9 Å². The van der Waals surface area contributed by atoms with Crippen LogP contribution in [0.4, 0.5) is 0 Å². The summed E-state index contributed by atoms with van der Waals surface area (Å²) in [5, 5.41) is 10.5. The Kier molecular flexibility index (Phi) is 4.00. The molecule has 1 aromatic rings. The summed E-state index contributed by atoms with van der Waals surface area (Å²) in [6.45, 7) is 6.24. The van der Waals surface area contributed by atoms with E-state index in [1.165, 1.54) is 0 Å². The molecule has 1 saturated carbocycles. The number of carbonyl (C=O) groups excluding carboxylic acids is 1. The number of fused-ring (bicyclic) bond motifs is 1. The first kappa shape index (κ1) is 16.8. The predicted molar refractivity (Wildman–Crippen MR) is 93.4 cm³/mol. The fourth-order valence-electron chi connectivity index (χ4n) is 4.28. The van der Waals surface area contributed by atoms with Crippen molar-refractivity contribution in [3.8, 4) is 5.88 Å². The summed E-state index contributed by atoms with van der Waals surface area (Å²) in [5.41, 5.74) is 1.94. The molecule has 0 spiro atoms. The molecule has 4 rings (SSSR count). The van der Waals surface area contributed by atoms with Crippen LogP contribution in [0.15, 0.2) is 6.07 Å². The average Bonchev–Trinajstić information content (AvgIpc) is 3.02. The van der Waals surface area contributed by atoms with Gasteiger partial charge < -0.3 is 14.7 Å². The fourth-order valence-corrected chi connectivity index (χ4v) is 4.28. The zero-order valence-corrected chi connectivity index (χ0v) is 15.3. The molecule has 0 bridgehead atoms. The molecule has 6 heteroatoms. The zero-order valence-electron chi connectivity index (χ0n) is 15.3. The van der Waals surface area contributed by atoms with Crippen molar-refractivity contribution in [2.24, 2.45) is 0 Å². The fraction of sp³-hybridized carbons (Fsp3) is 0.684. The number of likely N-dealkylation sites (tertiary alicyclic amines) is 1. The van der Waals surface area contributed by atoms with Crippen LogP contribution in [-0.2, 0) is 13.1 Å². The minimum atomic E-state index is -0.502. The van der Waals surface area contributed by atoms with E-state index in [2.05, 4.69) is 9.88 Å². The maximum absolute atomic E-state index is 12.7. The van der Waals surface area contributed by atoms with Crippen molar-refractivity contribution in [1.82, 2.24) is 14.8 Å². The number of carbonyl (C=O) groups is 1. The van der Waals surface area contributed by atoms with Crippen molar-refractivity contribution in [2.45, 2.75) is 70.3 Å². The summed E-state index contributed by atoms with van der Waals surface area (Å²) in [5.74, 6) is 0.658. The predicted octanol–water partition coefficient (Wildman–Crippen LogP) is 1.94. The van der Waals surface area contributed by atoms with Crippen LogP contribution < -0.4 is 4.74 Å². The molecule has 0 radical (unpaired) electrons. The second kappa shape index (κ2) is 5.95. The highest BCUT2D eigenvalue weighted by molar-refractivity contribution is 5.98. The second-order valence-electron chi connectivity index (χ2n) is 7.91. The Balaban J connectivity index is 1.61. The van der Waals surface area contributed by atoms with E-state index in [9.17, 15) is 9.90 Å². The molecule has 25 heavy (non-hydrogen) atoms. The Morgan fingerprint density at radius 1 is 1.44 bits per heavy atom. The van der Waals surface area contributed by atoms with Crippen molar-refractivity contribution in [1.29, 1.82) is 0 Å². The number of hydrogen-bond acceptors (Lipinski definition) is 5. The highest BCUT2D eigenvalue weighted by Gasteiger charge is 2.51. The summed E-state index contributed by atoms with van der Waals surface area (Å²) in [6, 6.07) is 2.33. The van der Waals surface area contributed by atoms with Gasteiger partial charge in [0, 0.05) is 24.2 Å². The van der Waals surface area contributed by atoms with E-state index in [4.69, 9.17) is 4.74 Å². The third kappa shape index (κ3) is 2.81. The van der Waals surface area contributed by atoms with Gasteiger partial charge in [-0.1, -0.05) is 0 Å². The van der Waals surface area contributed by atoms with E-state index in [1.807, 2.05) is 24.8 Å². The Labute approximate surface area is 148 Å². The average molecular weight is 345 g/mol. The Morgan fingerprint density at radius 2 is 2.20 bits per heavy atom. The van der Waals surface area contributed by atoms with Gasteiger partial charge in [-0.15, -0.1) is 0 Å². The van der Waals surface area contributed by atoms with Crippen LogP contribution in [0.25, 0.3) is 0 Å². The lowest BCUT2D eigenvalue weighted by Crippen LogP contribution is -2.40. The molecule has 1 aromatic heterocycles. The molecule has 0 aromatic carbocycles. The highest BCUT2D eigenvalue weighted by atomic mass is 16.5. The van der Waals surface area contributed by atoms with E-state index in [1.54, 1.807) is 7.11 Å². The molecule has 1 amide bonds. The van der Waals surface area contributed by atoms with Crippen LogP contribution in [0, 0.1) is 0 Å². The number of methoxy groups -OCH3 is 1. The molecule has 3 aliphatic rings. The molecular formula is C19H27N3O3. The minimum absolute atomic E-state index is 0.0557. The molecule has 1 N–H and O–H groups in total. The molecule has 1 aliphatic carbocycles. The first-order chi connectivity index (χ1) is 11.9. The number of pyridine rings is 1. The second-order valence-corrected chi connectivity index (χ2v) is 7.91. The van der Waals surface area contributed by atoms with Crippen LogP contribution >= 0.6 is 0 Å². The van der Waals surface area contributed by atoms with Gasteiger partial charge in [0.25, 0.3) is 5.91 Å². The maximum Gasteiger partial charge on any atom is 0.256 e. The summed E-state index contributed by atoms with van der Waals surface area (Å²) in [7, 11) is 1.63. The Hall–Kier alpha value is -1.66. The SMILES string of the molecule is COc1nc2c(cc1CN1CCCC1C1(O)CC1)C(=O)N(C(C)C)C2. The Morgan fingerprint density at radius 3 is 2.84 bits per heavy atom. The molecule has 136 valence electrons. The van der Waals surface area contributed by atoms with Gasteiger partial charge in [0.05, 0.1) is 30.5 Å². The van der Waals surface area contributed by atoms with E-state index < -0.39 is 5.60 Å². The summed E-state index contributed by atoms with van der Waals surface area (Å²) < 4.78 is 5.52. The number of rotatable bonds is 5. The largest absolute Gasteiger partial charge is 0.481 e. The maximum atomic E-state index is 12.7. The van der Waals surface area contributed by atoms with Crippen molar-refractivity contribution in [3.63, 3.8) is 0 Å². The molecule has 6 nitrogen and oxygen atoms in total. The monoisotopic (exact) mass is 345 g/mol. The third-order valence-corrected chi connectivity index (χ3v) is 5.89. The molecule has 1 saturated heterocycles. The molecule has 2 fully saturated rings. The van der Waals surface area contributed by atoms with Gasteiger partial charge in [-0.25, -0.2) is 4.98 Å². The topological polar surface area (TPSA) is 65.9 Å². The number of amides is 1.